The lowest BCUT2D eigenvalue weighted by Crippen LogP contribution is -2.39. The van der Waals surface area contributed by atoms with Gasteiger partial charge in [0.1, 0.15) is 11.5 Å². The van der Waals surface area contributed by atoms with E-state index in [1.807, 2.05) is 0 Å². The highest BCUT2D eigenvalue weighted by Gasteiger charge is 2.27. The lowest BCUT2D eigenvalue weighted by Gasteiger charge is -2.20. The zero-order valence-electron chi connectivity index (χ0n) is 12.7. The molecule has 0 aromatic heterocycles. The van der Waals surface area contributed by atoms with Gasteiger partial charge in [-0.15, -0.1) is 0 Å². The summed E-state index contributed by atoms with van der Waals surface area (Å²) in [5.41, 5.74) is -0.381. The normalized spacial score (nSPS) is 10.9. The van der Waals surface area contributed by atoms with Crippen LogP contribution in [0.1, 0.15) is 19.4 Å². The summed E-state index contributed by atoms with van der Waals surface area (Å²) in [6.07, 6.45) is 0.0584. The number of carbonyl (C=O) groups excluding carboxylic acids is 1. The number of hydrogen-bond acceptors (Lipinski definition) is 4. The minimum Gasteiger partial charge on any atom is -0.496 e. The van der Waals surface area contributed by atoms with Gasteiger partial charge in [0.15, 0.2) is 0 Å². The van der Waals surface area contributed by atoms with Gasteiger partial charge < -0.3 is 19.9 Å². The van der Waals surface area contributed by atoms with Crippen LogP contribution in [0.3, 0.4) is 0 Å². The molecule has 0 saturated carbocycles. The molecule has 0 aliphatic rings. The van der Waals surface area contributed by atoms with E-state index in [-0.39, 0.29) is 18.9 Å². The van der Waals surface area contributed by atoms with Gasteiger partial charge in [0, 0.05) is 12.1 Å². The SMILES string of the molecule is COc1cccc(OC)c1CC(=O)NCC(C)(C)C(=O)O. The van der Waals surface area contributed by atoms with Crippen molar-refractivity contribution in [3.05, 3.63) is 23.8 Å². The molecule has 1 aromatic carbocycles. The molecule has 0 unspecified atom stereocenters. The van der Waals surface area contributed by atoms with E-state index in [0.29, 0.717) is 17.1 Å². The molecule has 116 valence electrons. The number of hydrogen-bond donors (Lipinski definition) is 2. The van der Waals surface area contributed by atoms with Gasteiger partial charge in [-0.2, -0.15) is 0 Å². The third-order valence-electron chi connectivity index (χ3n) is 3.17. The molecule has 0 spiro atoms. The molecular formula is C15H21NO5. The van der Waals surface area contributed by atoms with Crippen LogP contribution in [-0.4, -0.2) is 37.7 Å². The second kappa shape index (κ2) is 6.97. The highest BCUT2D eigenvalue weighted by molar-refractivity contribution is 5.81. The van der Waals surface area contributed by atoms with Crippen molar-refractivity contribution in [1.29, 1.82) is 0 Å². The zero-order valence-corrected chi connectivity index (χ0v) is 12.7. The number of methoxy groups -OCH3 is 2. The molecule has 6 nitrogen and oxygen atoms in total. The van der Waals surface area contributed by atoms with Crippen molar-refractivity contribution >= 4 is 11.9 Å². The van der Waals surface area contributed by atoms with Gasteiger partial charge in [-0.05, 0) is 26.0 Å². The number of carbonyl (C=O) groups is 2. The lowest BCUT2D eigenvalue weighted by atomic mass is 9.94. The Labute approximate surface area is 124 Å². The molecule has 1 amide bonds. The molecule has 0 fully saturated rings. The van der Waals surface area contributed by atoms with Gasteiger partial charge in [0.25, 0.3) is 0 Å². The van der Waals surface area contributed by atoms with Gasteiger partial charge in [-0.25, -0.2) is 0 Å². The van der Waals surface area contributed by atoms with Crippen LogP contribution in [0.25, 0.3) is 0 Å². The monoisotopic (exact) mass is 295 g/mol. The number of aliphatic carboxylic acids is 1. The van der Waals surface area contributed by atoms with Crippen molar-refractivity contribution in [3.63, 3.8) is 0 Å². The van der Waals surface area contributed by atoms with E-state index < -0.39 is 11.4 Å². The van der Waals surface area contributed by atoms with Gasteiger partial charge in [0.05, 0.1) is 26.1 Å². The van der Waals surface area contributed by atoms with Crippen molar-refractivity contribution in [2.75, 3.05) is 20.8 Å². The van der Waals surface area contributed by atoms with Gasteiger partial charge in [-0.3, -0.25) is 9.59 Å². The summed E-state index contributed by atoms with van der Waals surface area (Å²) in [5, 5.41) is 11.6. The van der Waals surface area contributed by atoms with E-state index in [1.54, 1.807) is 32.0 Å². The number of ether oxygens (including phenoxy) is 2. The number of nitrogens with one attached hydrogen (secondary N) is 1. The van der Waals surface area contributed by atoms with E-state index >= 15 is 0 Å². The molecule has 0 aliphatic carbocycles. The number of amides is 1. The number of rotatable bonds is 7. The van der Waals surface area contributed by atoms with Crippen molar-refractivity contribution in [3.8, 4) is 11.5 Å². The van der Waals surface area contributed by atoms with Crippen molar-refractivity contribution in [1.82, 2.24) is 5.32 Å². The molecule has 0 radical (unpaired) electrons. The predicted octanol–water partition coefficient (Wildman–Crippen LogP) is 1.47. The van der Waals surface area contributed by atoms with E-state index in [2.05, 4.69) is 5.32 Å². The van der Waals surface area contributed by atoms with Crippen LogP contribution in [0.5, 0.6) is 11.5 Å². The Morgan fingerprint density at radius 3 is 2.14 bits per heavy atom. The fourth-order valence-corrected chi connectivity index (χ4v) is 1.72. The molecule has 0 aliphatic heterocycles. The number of benzene rings is 1. The first-order chi connectivity index (χ1) is 9.81. The minimum absolute atomic E-state index is 0.0542. The summed E-state index contributed by atoms with van der Waals surface area (Å²) >= 11 is 0. The first kappa shape index (κ1) is 16.8. The van der Waals surface area contributed by atoms with E-state index in [1.165, 1.54) is 14.2 Å². The summed E-state index contributed by atoms with van der Waals surface area (Å²) in [5.74, 6) is -0.131. The molecule has 6 heteroatoms. The Hall–Kier alpha value is -2.24. The predicted molar refractivity (Wildman–Crippen MR) is 77.7 cm³/mol. The van der Waals surface area contributed by atoms with E-state index in [4.69, 9.17) is 14.6 Å². The Balaban J connectivity index is 2.78. The van der Waals surface area contributed by atoms with E-state index in [9.17, 15) is 9.59 Å². The maximum atomic E-state index is 12.0. The summed E-state index contributed by atoms with van der Waals surface area (Å²) in [6, 6.07) is 5.26. The average molecular weight is 295 g/mol. The smallest absolute Gasteiger partial charge is 0.310 e. The molecule has 1 aromatic rings. The highest BCUT2D eigenvalue weighted by Crippen LogP contribution is 2.28. The van der Waals surface area contributed by atoms with Crippen molar-refractivity contribution in [2.24, 2.45) is 5.41 Å². The Morgan fingerprint density at radius 1 is 1.19 bits per heavy atom. The fourth-order valence-electron chi connectivity index (χ4n) is 1.72. The summed E-state index contributed by atoms with van der Waals surface area (Å²) in [6.45, 7) is 3.16. The number of carboxylic acids is 1. The molecule has 0 atom stereocenters. The molecule has 0 saturated heterocycles. The van der Waals surface area contributed by atoms with Crippen LogP contribution in [0.2, 0.25) is 0 Å². The molecule has 0 bridgehead atoms. The van der Waals surface area contributed by atoms with Gasteiger partial charge in [0.2, 0.25) is 5.91 Å². The second-order valence-corrected chi connectivity index (χ2v) is 5.28. The Kier molecular flexibility index (Phi) is 5.58. The quantitative estimate of drug-likeness (QED) is 0.795. The molecule has 1 rings (SSSR count). The first-order valence-electron chi connectivity index (χ1n) is 6.51. The maximum absolute atomic E-state index is 12.0. The van der Waals surface area contributed by atoms with Crippen LogP contribution in [0.4, 0.5) is 0 Å². The Bertz CT molecular complexity index is 503. The lowest BCUT2D eigenvalue weighted by molar-refractivity contribution is -0.146. The molecule has 2 N–H and O–H groups in total. The van der Waals surface area contributed by atoms with Crippen LogP contribution in [0.15, 0.2) is 18.2 Å². The van der Waals surface area contributed by atoms with Gasteiger partial charge >= 0.3 is 5.97 Å². The molecule has 21 heavy (non-hydrogen) atoms. The standard InChI is InChI=1S/C15H21NO5/c1-15(2,14(18)19)9-16-13(17)8-10-11(20-3)6-5-7-12(10)21-4/h5-7H,8-9H2,1-4H3,(H,16,17)(H,18,19). The summed E-state index contributed by atoms with van der Waals surface area (Å²) in [4.78, 5) is 23.0. The van der Waals surface area contributed by atoms with Crippen LogP contribution >= 0.6 is 0 Å². The largest absolute Gasteiger partial charge is 0.496 e. The fraction of sp³-hybridized carbons (Fsp3) is 0.467. The topological polar surface area (TPSA) is 84.9 Å². The van der Waals surface area contributed by atoms with Crippen LogP contribution in [-0.2, 0) is 16.0 Å². The second-order valence-electron chi connectivity index (χ2n) is 5.28. The van der Waals surface area contributed by atoms with E-state index in [0.717, 1.165) is 0 Å². The Morgan fingerprint density at radius 2 is 1.71 bits per heavy atom. The van der Waals surface area contributed by atoms with Gasteiger partial charge in [-0.1, -0.05) is 6.07 Å². The molecular weight excluding hydrogens is 274 g/mol. The third kappa shape index (κ3) is 4.37. The maximum Gasteiger partial charge on any atom is 0.310 e. The van der Waals surface area contributed by atoms with Crippen LogP contribution in [0, 0.1) is 5.41 Å². The summed E-state index contributed by atoms with van der Waals surface area (Å²) < 4.78 is 10.4. The average Bonchev–Trinajstić information content (AvgIpc) is 2.45. The number of carboxylic acid groups (broad SMARTS) is 1. The minimum atomic E-state index is -1.01. The van der Waals surface area contributed by atoms with Crippen molar-refractivity contribution in [2.45, 2.75) is 20.3 Å². The molecule has 0 heterocycles. The third-order valence-corrected chi connectivity index (χ3v) is 3.17. The summed E-state index contributed by atoms with van der Waals surface area (Å²) in [7, 11) is 3.04. The zero-order chi connectivity index (χ0) is 16.0. The van der Waals surface area contributed by atoms with Crippen LogP contribution < -0.4 is 14.8 Å². The highest BCUT2D eigenvalue weighted by atomic mass is 16.5. The van der Waals surface area contributed by atoms with Crippen molar-refractivity contribution < 1.29 is 24.2 Å². The first-order valence-corrected chi connectivity index (χ1v) is 6.51.